The van der Waals surface area contributed by atoms with Gasteiger partial charge in [0, 0.05) is 31.8 Å². The lowest BCUT2D eigenvalue weighted by atomic mass is 10.1. The average molecular weight is 323 g/mol. The molecule has 1 aromatic heterocycles. The Morgan fingerprint density at radius 1 is 1.41 bits per heavy atom. The van der Waals surface area contributed by atoms with Crippen molar-refractivity contribution in [2.24, 2.45) is 0 Å². The number of hydrogen-bond donors (Lipinski definition) is 1. The minimum Gasteiger partial charge on any atom is -0.462 e. The number of methoxy groups -OCH3 is 1. The summed E-state index contributed by atoms with van der Waals surface area (Å²) < 4.78 is 10.1. The first kappa shape index (κ1) is 16.5. The van der Waals surface area contributed by atoms with Crippen LogP contribution in [-0.4, -0.2) is 37.8 Å². The first-order valence-electron chi connectivity index (χ1n) is 7.16. The van der Waals surface area contributed by atoms with Crippen molar-refractivity contribution in [3.8, 4) is 0 Å². The van der Waals surface area contributed by atoms with E-state index in [1.165, 1.54) is 6.20 Å². The van der Waals surface area contributed by atoms with Crippen molar-refractivity contribution in [1.82, 2.24) is 4.98 Å². The van der Waals surface area contributed by atoms with Crippen molar-refractivity contribution in [1.29, 1.82) is 0 Å². The van der Waals surface area contributed by atoms with Crippen LogP contribution in [0.4, 0.5) is 5.69 Å². The van der Waals surface area contributed by atoms with Crippen LogP contribution in [0.2, 0.25) is 5.02 Å². The van der Waals surface area contributed by atoms with Crippen molar-refractivity contribution in [2.75, 3.05) is 32.2 Å². The Hall–Kier alpha value is -1.85. The third-order valence-corrected chi connectivity index (χ3v) is 3.48. The fourth-order valence-electron chi connectivity index (χ4n) is 2.17. The summed E-state index contributed by atoms with van der Waals surface area (Å²) in [5.41, 5.74) is 1.77. The molecule has 2 aromatic rings. The van der Waals surface area contributed by atoms with Crippen molar-refractivity contribution in [3.05, 3.63) is 35.0 Å². The molecule has 118 valence electrons. The molecular formula is C16H19ClN2O3. The van der Waals surface area contributed by atoms with Gasteiger partial charge in [-0.1, -0.05) is 23.7 Å². The smallest absolute Gasteiger partial charge is 0.341 e. The Balaban J connectivity index is 2.42. The van der Waals surface area contributed by atoms with Gasteiger partial charge >= 0.3 is 5.97 Å². The highest BCUT2D eigenvalue weighted by molar-refractivity contribution is 6.35. The quantitative estimate of drug-likeness (QED) is 0.624. The van der Waals surface area contributed by atoms with Gasteiger partial charge in [-0.05, 0) is 19.4 Å². The number of anilines is 1. The highest BCUT2D eigenvalue weighted by atomic mass is 35.5. The van der Waals surface area contributed by atoms with Gasteiger partial charge in [0.05, 0.1) is 22.8 Å². The minimum atomic E-state index is -0.397. The number of fused-ring (bicyclic) bond motifs is 1. The van der Waals surface area contributed by atoms with Crippen LogP contribution in [0.15, 0.2) is 24.4 Å². The van der Waals surface area contributed by atoms with Crippen molar-refractivity contribution < 1.29 is 14.3 Å². The van der Waals surface area contributed by atoms with Crippen molar-refractivity contribution in [3.63, 3.8) is 0 Å². The Labute approximate surface area is 134 Å². The summed E-state index contributed by atoms with van der Waals surface area (Å²) in [5, 5.41) is 4.63. The molecule has 2 rings (SSSR count). The van der Waals surface area contributed by atoms with Crippen LogP contribution in [0.3, 0.4) is 0 Å². The molecule has 0 atom stereocenters. The SMILES string of the molecule is CCOC(=O)c1cnc2c(Cl)cccc2c1NCCCOC. The third kappa shape index (κ3) is 3.67. The number of nitrogens with one attached hydrogen (secondary N) is 1. The summed E-state index contributed by atoms with van der Waals surface area (Å²) >= 11 is 6.18. The summed E-state index contributed by atoms with van der Waals surface area (Å²) in [7, 11) is 1.66. The van der Waals surface area contributed by atoms with Gasteiger partial charge in [-0.2, -0.15) is 0 Å². The summed E-state index contributed by atoms with van der Waals surface area (Å²) in [6.45, 7) is 3.40. The molecule has 1 heterocycles. The van der Waals surface area contributed by atoms with E-state index in [0.29, 0.717) is 41.5 Å². The van der Waals surface area contributed by atoms with Gasteiger partial charge in [-0.3, -0.25) is 4.98 Å². The van der Waals surface area contributed by atoms with Gasteiger partial charge in [0.1, 0.15) is 5.56 Å². The number of aromatic nitrogens is 1. The van der Waals surface area contributed by atoms with E-state index in [4.69, 9.17) is 21.1 Å². The molecular weight excluding hydrogens is 304 g/mol. The number of para-hydroxylation sites is 1. The lowest BCUT2D eigenvalue weighted by Gasteiger charge is -2.14. The third-order valence-electron chi connectivity index (χ3n) is 3.17. The van der Waals surface area contributed by atoms with Gasteiger partial charge in [0.25, 0.3) is 0 Å². The standard InChI is InChI=1S/C16H19ClN2O3/c1-3-22-16(20)12-10-19-15-11(6-4-7-13(15)17)14(12)18-8-5-9-21-2/h4,6-7,10H,3,5,8-9H2,1-2H3,(H,18,19). The number of pyridine rings is 1. The van der Waals surface area contributed by atoms with Crippen LogP contribution >= 0.6 is 11.6 Å². The Bertz CT molecular complexity index is 661. The summed E-state index contributed by atoms with van der Waals surface area (Å²) in [6.07, 6.45) is 2.33. The van der Waals surface area contributed by atoms with Gasteiger partial charge in [-0.15, -0.1) is 0 Å². The van der Waals surface area contributed by atoms with Gasteiger partial charge in [0.15, 0.2) is 0 Å². The number of benzene rings is 1. The lowest BCUT2D eigenvalue weighted by molar-refractivity contribution is 0.0527. The Kier molecular flexibility index (Phi) is 5.98. The molecule has 6 heteroatoms. The zero-order valence-electron chi connectivity index (χ0n) is 12.7. The number of ether oxygens (including phenoxy) is 2. The molecule has 1 aromatic carbocycles. The maximum atomic E-state index is 12.1. The second-order valence-corrected chi connectivity index (χ2v) is 5.08. The topological polar surface area (TPSA) is 60.5 Å². The zero-order chi connectivity index (χ0) is 15.9. The molecule has 22 heavy (non-hydrogen) atoms. The molecule has 0 aliphatic carbocycles. The van der Waals surface area contributed by atoms with Gasteiger partial charge in [-0.25, -0.2) is 4.79 Å². The van der Waals surface area contributed by atoms with E-state index in [1.54, 1.807) is 20.1 Å². The predicted octanol–water partition coefficient (Wildman–Crippen LogP) is 3.51. The predicted molar refractivity (Wildman–Crippen MR) is 87.7 cm³/mol. The zero-order valence-corrected chi connectivity index (χ0v) is 13.4. The summed E-state index contributed by atoms with van der Waals surface area (Å²) in [5.74, 6) is -0.397. The molecule has 0 aliphatic rings. The number of carbonyl (C=O) groups excluding carboxylic acids is 1. The van der Waals surface area contributed by atoms with E-state index < -0.39 is 5.97 Å². The number of nitrogens with zero attached hydrogens (tertiary/aromatic N) is 1. The summed E-state index contributed by atoms with van der Waals surface area (Å²) in [4.78, 5) is 16.4. The number of carbonyl (C=O) groups is 1. The van der Waals surface area contributed by atoms with Gasteiger partial charge < -0.3 is 14.8 Å². The molecule has 0 amide bonds. The Morgan fingerprint density at radius 2 is 2.23 bits per heavy atom. The molecule has 0 saturated heterocycles. The van der Waals surface area contributed by atoms with Crippen LogP contribution in [0, 0.1) is 0 Å². The first-order valence-corrected chi connectivity index (χ1v) is 7.54. The molecule has 0 radical (unpaired) electrons. The van der Waals surface area contributed by atoms with E-state index in [2.05, 4.69) is 10.3 Å². The fraction of sp³-hybridized carbons (Fsp3) is 0.375. The molecule has 0 fully saturated rings. The van der Waals surface area contributed by atoms with E-state index in [0.717, 1.165) is 11.8 Å². The number of rotatable bonds is 7. The van der Waals surface area contributed by atoms with Crippen LogP contribution in [0.1, 0.15) is 23.7 Å². The van der Waals surface area contributed by atoms with E-state index >= 15 is 0 Å². The van der Waals surface area contributed by atoms with Crippen LogP contribution < -0.4 is 5.32 Å². The highest BCUT2D eigenvalue weighted by Crippen LogP contribution is 2.30. The molecule has 0 spiro atoms. The normalized spacial score (nSPS) is 10.7. The van der Waals surface area contributed by atoms with Crippen LogP contribution in [0.5, 0.6) is 0 Å². The monoisotopic (exact) mass is 322 g/mol. The van der Waals surface area contributed by atoms with Crippen molar-refractivity contribution in [2.45, 2.75) is 13.3 Å². The minimum absolute atomic E-state index is 0.315. The molecule has 0 unspecified atom stereocenters. The van der Waals surface area contributed by atoms with E-state index in [9.17, 15) is 4.79 Å². The second-order valence-electron chi connectivity index (χ2n) is 4.68. The molecule has 0 bridgehead atoms. The largest absolute Gasteiger partial charge is 0.462 e. The van der Waals surface area contributed by atoms with E-state index in [1.807, 2.05) is 12.1 Å². The highest BCUT2D eigenvalue weighted by Gasteiger charge is 2.17. The van der Waals surface area contributed by atoms with E-state index in [-0.39, 0.29) is 0 Å². The number of esters is 1. The van der Waals surface area contributed by atoms with Crippen LogP contribution in [0.25, 0.3) is 10.9 Å². The maximum absolute atomic E-state index is 12.1. The summed E-state index contributed by atoms with van der Waals surface area (Å²) in [6, 6.07) is 5.49. The molecule has 1 N–H and O–H groups in total. The average Bonchev–Trinajstić information content (AvgIpc) is 2.52. The second kappa shape index (κ2) is 7.96. The van der Waals surface area contributed by atoms with Gasteiger partial charge in [0.2, 0.25) is 0 Å². The maximum Gasteiger partial charge on any atom is 0.341 e. The molecule has 0 aliphatic heterocycles. The van der Waals surface area contributed by atoms with Crippen molar-refractivity contribution >= 4 is 34.2 Å². The number of halogens is 1. The number of hydrogen-bond acceptors (Lipinski definition) is 5. The molecule has 0 saturated carbocycles. The lowest BCUT2D eigenvalue weighted by Crippen LogP contribution is -2.12. The Morgan fingerprint density at radius 3 is 2.95 bits per heavy atom. The molecule has 5 nitrogen and oxygen atoms in total. The first-order chi connectivity index (χ1) is 10.7. The fourth-order valence-corrected chi connectivity index (χ4v) is 2.39. The van der Waals surface area contributed by atoms with Crippen LogP contribution in [-0.2, 0) is 9.47 Å².